The number of ether oxygens (including phenoxy) is 1. The molecule has 0 aliphatic carbocycles. The summed E-state index contributed by atoms with van der Waals surface area (Å²) < 4.78 is 6.13. The molecular formula is C12H19BrClNO. The monoisotopic (exact) mass is 307 g/mol. The Morgan fingerprint density at radius 3 is 2.44 bits per heavy atom. The van der Waals surface area contributed by atoms with E-state index in [0.717, 1.165) is 22.2 Å². The molecule has 0 fully saturated rings. The summed E-state index contributed by atoms with van der Waals surface area (Å²) >= 11 is 3.46. The number of halogens is 2. The molecule has 0 amide bonds. The molecular weight excluding hydrogens is 289 g/mol. The lowest BCUT2D eigenvalue weighted by Gasteiger charge is -2.15. The van der Waals surface area contributed by atoms with Crippen LogP contribution in [0, 0.1) is 5.92 Å². The lowest BCUT2D eigenvalue weighted by Crippen LogP contribution is -2.12. The van der Waals surface area contributed by atoms with Crippen LogP contribution in [0.25, 0.3) is 0 Å². The zero-order chi connectivity index (χ0) is 11.4. The molecule has 0 bridgehead atoms. The first-order valence-corrected chi connectivity index (χ1v) is 5.93. The fraction of sp³-hybridized carbons (Fsp3) is 0.500. The average molecular weight is 309 g/mol. The minimum Gasteiger partial charge on any atom is -0.496 e. The molecule has 0 aliphatic rings. The predicted molar refractivity (Wildman–Crippen MR) is 74.3 cm³/mol. The third kappa shape index (κ3) is 4.32. The van der Waals surface area contributed by atoms with Crippen LogP contribution in [0.2, 0.25) is 0 Å². The second kappa shape index (κ2) is 7.15. The summed E-state index contributed by atoms with van der Waals surface area (Å²) in [4.78, 5) is 0. The van der Waals surface area contributed by atoms with Crippen LogP contribution in [0.5, 0.6) is 5.75 Å². The molecule has 0 spiro atoms. The van der Waals surface area contributed by atoms with Gasteiger partial charge in [0.05, 0.1) is 11.6 Å². The van der Waals surface area contributed by atoms with Gasteiger partial charge in [0, 0.05) is 6.04 Å². The van der Waals surface area contributed by atoms with Crippen molar-refractivity contribution in [1.29, 1.82) is 0 Å². The topological polar surface area (TPSA) is 35.2 Å². The molecule has 2 nitrogen and oxygen atoms in total. The smallest absolute Gasteiger partial charge is 0.133 e. The molecule has 1 aromatic carbocycles. The predicted octanol–water partition coefficient (Wildman–Crippen LogP) is 3.93. The molecule has 0 radical (unpaired) electrons. The van der Waals surface area contributed by atoms with Crippen molar-refractivity contribution >= 4 is 28.3 Å². The third-order valence-corrected chi connectivity index (χ3v) is 2.95. The molecule has 0 unspecified atom stereocenters. The summed E-state index contributed by atoms with van der Waals surface area (Å²) in [6, 6.07) is 6.11. The highest BCUT2D eigenvalue weighted by Gasteiger charge is 2.10. The van der Waals surface area contributed by atoms with E-state index in [2.05, 4.69) is 29.8 Å². The summed E-state index contributed by atoms with van der Waals surface area (Å²) in [5.41, 5.74) is 7.24. The molecule has 0 saturated carbocycles. The maximum atomic E-state index is 6.09. The zero-order valence-corrected chi connectivity index (χ0v) is 12.3. The van der Waals surface area contributed by atoms with Gasteiger partial charge >= 0.3 is 0 Å². The van der Waals surface area contributed by atoms with Gasteiger partial charge in [-0.25, -0.2) is 0 Å². The number of rotatable bonds is 4. The van der Waals surface area contributed by atoms with Crippen molar-refractivity contribution in [2.45, 2.75) is 26.3 Å². The van der Waals surface area contributed by atoms with Crippen molar-refractivity contribution < 1.29 is 4.74 Å². The number of hydrogen-bond acceptors (Lipinski definition) is 2. The van der Waals surface area contributed by atoms with Gasteiger partial charge in [0.1, 0.15) is 5.75 Å². The van der Waals surface area contributed by atoms with E-state index in [1.807, 2.05) is 18.2 Å². The minimum absolute atomic E-state index is 0. The molecule has 92 valence electrons. The van der Waals surface area contributed by atoms with Gasteiger partial charge < -0.3 is 10.5 Å². The SMILES string of the molecule is COc1ccc([C@H](N)CC(C)C)cc1Br.Cl. The van der Waals surface area contributed by atoms with Crippen LogP contribution in [-0.2, 0) is 0 Å². The maximum absolute atomic E-state index is 6.09. The van der Waals surface area contributed by atoms with Gasteiger partial charge in [0.2, 0.25) is 0 Å². The zero-order valence-electron chi connectivity index (χ0n) is 9.87. The molecule has 0 aliphatic heterocycles. The van der Waals surface area contributed by atoms with Crippen molar-refractivity contribution in [3.63, 3.8) is 0 Å². The van der Waals surface area contributed by atoms with E-state index in [9.17, 15) is 0 Å². The van der Waals surface area contributed by atoms with Crippen LogP contribution in [0.4, 0.5) is 0 Å². The molecule has 1 aromatic rings. The van der Waals surface area contributed by atoms with Gasteiger partial charge in [-0.3, -0.25) is 0 Å². The van der Waals surface area contributed by atoms with Crippen molar-refractivity contribution in [3.05, 3.63) is 28.2 Å². The Balaban J connectivity index is 0.00000225. The van der Waals surface area contributed by atoms with Crippen LogP contribution in [-0.4, -0.2) is 7.11 Å². The second-order valence-electron chi connectivity index (χ2n) is 4.13. The van der Waals surface area contributed by atoms with Gasteiger partial charge in [-0.1, -0.05) is 19.9 Å². The highest BCUT2D eigenvalue weighted by Crippen LogP contribution is 2.29. The van der Waals surface area contributed by atoms with E-state index in [4.69, 9.17) is 10.5 Å². The molecule has 1 rings (SSSR count). The largest absolute Gasteiger partial charge is 0.496 e. The van der Waals surface area contributed by atoms with E-state index in [-0.39, 0.29) is 18.4 Å². The highest BCUT2D eigenvalue weighted by atomic mass is 79.9. The quantitative estimate of drug-likeness (QED) is 0.915. The van der Waals surface area contributed by atoms with Gasteiger partial charge in [-0.05, 0) is 46.0 Å². The first-order chi connectivity index (χ1) is 7.04. The molecule has 0 saturated heterocycles. The van der Waals surface area contributed by atoms with E-state index < -0.39 is 0 Å². The van der Waals surface area contributed by atoms with Crippen LogP contribution >= 0.6 is 28.3 Å². The van der Waals surface area contributed by atoms with Crippen molar-refractivity contribution in [2.24, 2.45) is 11.7 Å². The summed E-state index contributed by atoms with van der Waals surface area (Å²) in [7, 11) is 1.66. The van der Waals surface area contributed by atoms with Crippen LogP contribution < -0.4 is 10.5 Å². The van der Waals surface area contributed by atoms with Crippen LogP contribution in [0.3, 0.4) is 0 Å². The Labute approximate surface area is 112 Å². The fourth-order valence-electron chi connectivity index (χ4n) is 1.56. The Bertz CT molecular complexity index is 331. The maximum Gasteiger partial charge on any atom is 0.133 e. The lowest BCUT2D eigenvalue weighted by molar-refractivity contribution is 0.411. The van der Waals surface area contributed by atoms with Gasteiger partial charge in [0.15, 0.2) is 0 Å². The van der Waals surface area contributed by atoms with Crippen molar-refractivity contribution in [2.75, 3.05) is 7.11 Å². The molecule has 0 heterocycles. The number of nitrogens with two attached hydrogens (primary N) is 1. The normalized spacial score (nSPS) is 12.1. The number of methoxy groups -OCH3 is 1. The summed E-state index contributed by atoms with van der Waals surface area (Å²) in [5, 5.41) is 0. The molecule has 16 heavy (non-hydrogen) atoms. The second-order valence-corrected chi connectivity index (χ2v) is 4.98. The third-order valence-electron chi connectivity index (χ3n) is 2.33. The summed E-state index contributed by atoms with van der Waals surface area (Å²) in [5.74, 6) is 1.45. The average Bonchev–Trinajstić information content (AvgIpc) is 2.16. The Hall–Kier alpha value is -0.250. The van der Waals surface area contributed by atoms with Crippen molar-refractivity contribution in [3.8, 4) is 5.75 Å². The summed E-state index contributed by atoms with van der Waals surface area (Å²) in [6.45, 7) is 4.36. The minimum atomic E-state index is 0. The van der Waals surface area contributed by atoms with Gasteiger partial charge in [-0.2, -0.15) is 0 Å². The van der Waals surface area contributed by atoms with Gasteiger partial charge in [-0.15, -0.1) is 12.4 Å². The standard InChI is InChI=1S/C12H18BrNO.ClH/c1-8(2)6-11(14)9-4-5-12(15-3)10(13)7-9;/h4-5,7-8,11H,6,14H2,1-3H3;1H/t11-;/m1./s1. The first-order valence-electron chi connectivity index (χ1n) is 5.13. The highest BCUT2D eigenvalue weighted by molar-refractivity contribution is 9.10. The van der Waals surface area contributed by atoms with E-state index in [1.54, 1.807) is 7.11 Å². The molecule has 2 N–H and O–H groups in total. The number of benzene rings is 1. The van der Waals surface area contributed by atoms with Crippen LogP contribution in [0.1, 0.15) is 31.9 Å². The van der Waals surface area contributed by atoms with E-state index >= 15 is 0 Å². The number of hydrogen-bond donors (Lipinski definition) is 1. The van der Waals surface area contributed by atoms with Crippen LogP contribution in [0.15, 0.2) is 22.7 Å². The Morgan fingerprint density at radius 2 is 2.00 bits per heavy atom. The Morgan fingerprint density at radius 1 is 1.38 bits per heavy atom. The lowest BCUT2D eigenvalue weighted by atomic mass is 9.98. The summed E-state index contributed by atoms with van der Waals surface area (Å²) in [6.07, 6.45) is 0.999. The van der Waals surface area contributed by atoms with E-state index in [0.29, 0.717) is 5.92 Å². The molecule has 1 atom stereocenters. The first kappa shape index (κ1) is 15.8. The molecule has 4 heteroatoms. The van der Waals surface area contributed by atoms with E-state index in [1.165, 1.54) is 0 Å². The van der Waals surface area contributed by atoms with Gasteiger partial charge in [0.25, 0.3) is 0 Å². The fourth-order valence-corrected chi connectivity index (χ4v) is 2.12. The Kier molecular flexibility index (Phi) is 7.04. The van der Waals surface area contributed by atoms with Crippen molar-refractivity contribution in [1.82, 2.24) is 0 Å². The molecule has 0 aromatic heterocycles.